The van der Waals surface area contributed by atoms with Gasteiger partial charge in [0.2, 0.25) is 0 Å². The van der Waals surface area contributed by atoms with Crippen molar-refractivity contribution in [2.45, 2.75) is 32.7 Å². The smallest absolute Gasteiger partial charge is 0.137 e. The minimum absolute atomic E-state index is 0.147. The molecule has 0 aliphatic carbocycles. The zero-order valence-electron chi connectivity index (χ0n) is 12.8. The van der Waals surface area contributed by atoms with E-state index in [-0.39, 0.29) is 5.41 Å². The third kappa shape index (κ3) is 4.08. The normalized spacial score (nSPS) is 11.3. The summed E-state index contributed by atoms with van der Waals surface area (Å²) in [6.45, 7) is 6.79. The highest BCUT2D eigenvalue weighted by Gasteiger charge is 2.18. The first kappa shape index (κ1) is 15.6. The standard InChI is InChI=1S/C16H20ClN3O/c1-16(2,3)15-19-13(17)9-14(20-15)18-10-11-7-5-6-8-12(11)21-4/h5-9H,10H2,1-4H3,(H,18,19,20). The third-order valence-electron chi connectivity index (χ3n) is 3.02. The summed E-state index contributed by atoms with van der Waals surface area (Å²) in [6.07, 6.45) is 0. The van der Waals surface area contributed by atoms with Crippen LogP contribution in [0.3, 0.4) is 0 Å². The van der Waals surface area contributed by atoms with Gasteiger partial charge in [-0.15, -0.1) is 0 Å². The summed E-state index contributed by atoms with van der Waals surface area (Å²) < 4.78 is 5.34. The van der Waals surface area contributed by atoms with Crippen LogP contribution in [0.4, 0.5) is 5.82 Å². The molecule has 1 heterocycles. The van der Waals surface area contributed by atoms with Crippen LogP contribution in [0.25, 0.3) is 0 Å². The maximum atomic E-state index is 6.08. The maximum Gasteiger partial charge on any atom is 0.137 e. The fourth-order valence-electron chi connectivity index (χ4n) is 1.88. The number of nitrogens with zero attached hydrogens (tertiary/aromatic N) is 2. The second-order valence-corrected chi connectivity index (χ2v) is 6.20. The van der Waals surface area contributed by atoms with Gasteiger partial charge in [-0.05, 0) is 6.07 Å². The molecule has 5 heteroatoms. The SMILES string of the molecule is COc1ccccc1CNc1cc(Cl)nc(C(C)(C)C)n1. The average Bonchev–Trinajstić information content (AvgIpc) is 2.44. The molecule has 21 heavy (non-hydrogen) atoms. The summed E-state index contributed by atoms with van der Waals surface area (Å²) >= 11 is 6.08. The van der Waals surface area contributed by atoms with Gasteiger partial charge in [0.1, 0.15) is 22.5 Å². The Morgan fingerprint density at radius 3 is 2.57 bits per heavy atom. The first-order valence-electron chi connectivity index (χ1n) is 6.81. The topological polar surface area (TPSA) is 47.0 Å². The van der Waals surface area contributed by atoms with E-state index in [4.69, 9.17) is 16.3 Å². The number of benzene rings is 1. The minimum Gasteiger partial charge on any atom is -0.496 e. The first-order valence-corrected chi connectivity index (χ1v) is 7.19. The summed E-state index contributed by atoms with van der Waals surface area (Å²) in [7, 11) is 1.66. The van der Waals surface area contributed by atoms with E-state index in [0.29, 0.717) is 17.5 Å². The molecule has 0 atom stereocenters. The Morgan fingerprint density at radius 1 is 1.19 bits per heavy atom. The number of methoxy groups -OCH3 is 1. The number of anilines is 1. The number of para-hydroxylation sites is 1. The van der Waals surface area contributed by atoms with Crippen molar-refractivity contribution in [1.29, 1.82) is 0 Å². The van der Waals surface area contributed by atoms with E-state index in [2.05, 4.69) is 36.1 Å². The molecular weight excluding hydrogens is 286 g/mol. The Labute approximate surface area is 130 Å². The Hall–Kier alpha value is -1.81. The number of hydrogen-bond donors (Lipinski definition) is 1. The van der Waals surface area contributed by atoms with E-state index in [1.165, 1.54) is 0 Å². The summed E-state index contributed by atoms with van der Waals surface area (Å²) in [4.78, 5) is 8.81. The predicted molar refractivity (Wildman–Crippen MR) is 86.1 cm³/mol. The lowest BCUT2D eigenvalue weighted by Crippen LogP contribution is -2.17. The minimum atomic E-state index is -0.147. The van der Waals surface area contributed by atoms with Gasteiger partial charge < -0.3 is 10.1 Å². The fourth-order valence-corrected chi connectivity index (χ4v) is 2.06. The van der Waals surface area contributed by atoms with Crippen LogP contribution < -0.4 is 10.1 Å². The van der Waals surface area contributed by atoms with Gasteiger partial charge >= 0.3 is 0 Å². The van der Waals surface area contributed by atoms with Gasteiger partial charge in [0, 0.05) is 23.6 Å². The molecule has 0 fully saturated rings. The van der Waals surface area contributed by atoms with E-state index in [1.807, 2.05) is 24.3 Å². The molecule has 0 saturated carbocycles. The van der Waals surface area contributed by atoms with Crippen LogP contribution in [0.1, 0.15) is 32.2 Å². The van der Waals surface area contributed by atoms with Gasteiger partial charge in [-0.3, -0.25) is 0 Å². The molecule has 0 radical (unpaired) electrons. The Kier molecular flexibility index (Phi) is 4.68. The van der Waals surface area contributed by atoms with E-state index in [0.717, 1.165) is 17.1 Å². The van der Waals surface area contributed by atoms with Crippen molar-refractivity contribution >= 4 is 17.4 Å². The Bertz CT molecular complexity index is 623. The molecule has 0 bridgehead atoms. The third-order valence-corrected chi connectivity index (χ3v) is 3.21. The van der Waals surface area contributed by atoms with Gasteiger partial charge in [-0.2, -0.15) is 0 Å². The van der Waals surface area contributed by atoms with E-state index in [1.54, 1.807) is 13.2 Å². The number of ether oxygens (including phenoxy) is 1. The van der Waals surface area contributed by atoms with Crippen molar-refractivity contribution in [1.82, 2.24) is 9.97 Å². The molecule has 2 rings (SSSR count). The molecule has 1 N–H and O–H groups in total. The highest BCUT2D eigenvalue weighted by Crippen LogP contribution is 2.23. The van der Waals surface area contributed by atoms with Crippen molar-refractivity contribution < 1.29 is 4.74 Å². The first-order chi connectivity index (χ1) is 9.90. The molecule has 2 aromatic rings. The van der Waals surface area contributed by atoms with Crippen LogP contribution in [0.15, 0.2) is 30.3 Å². The van der Waals surface area contributed by atoms with Crippen molar-refractivity contribution in [3.05, 3.63) is 46.9 Å². The number of rotatable bonds is 4. The van der Waals surface area contributed by atoms with Gasteiger partial charge in [-0.1, -0.05) is 50.6 Å². The Morgan fingerprint density at radius 2 is 1.90 bits per heavy atom. The molecule has 1 aromatic carbocycles. The quantitative estimate of drug-likeness (QED) is 0.866. The molecule has 0 amide bonds. The molecular formula is C16H20ClN3O. The molecule has 0 aliphatic heterocycles. The van der Waals surface area contributed by atoms with Gasteiger partial charge in [-0.25, -0.2) is 9.97 Å². The van der Waals surface area contributed by atoms with Crippen LogP contribution in [-0.4, -0.2) is 17.1 Å². The molecule has 0 saturated heterocycles. The molecule has 1 aromatic heterocycles. The summed E-state index contributed by atoms with van der Waals surface area (Å²) in [5.74, 6) is 2.28. The summed E-state index contributed by atoms with van der Waals surface area (Å²) in [5, 5.41) is 3.72. The van der Waals surface area contributed by atoms with E-state index in [9.17, 15) is 0 Å². The van der Waals surface area contributed by atoms with Crippen molar-refractivity contribution in [3.63, 3.8) is 0 Å². The lowest BCUT2D eigenvalue weighted by atomic mass is 9.96. The molecule has 4 nitrogen and oxygen atoms in total. The van der Waals surface area contributed by atoms with Crippen molar-refractivity contribution in [2.24, 2.45) is 0 Å². The zero-order chi connectivity index (χ0) is 15.5. The maximum absolute atomic E-state index is 6.08. The van der Waals surface area contributed by atoms with Crippen molar-refractivity contribution in [2.75, 3.05) is 12.4 Å². The monoisotopic (exact) mass is 305 g/mol. The Balaban J connectivity index is 2.19. The predicted octanol–water partition coefficient (Wildman–Crippen LogP) is 4.05. The average molecular weight is 306 g/mol. The van der Waals surface area contributed by atoms with Crippen molar-refractivity contribution in [3.8, 4) is 5.75 Å². The van der Waals surface area contributed by atoms with Crippen LogP contribution in [0.5, 0.6) is 5.75 Å². The molecule has 112 valence electrons. The van der Waals surface area contributed by atoms with E-state index >= 15 is 0 Å². The van der Waals surface area contributed by atoms with Crippen LogP contribution in [0, 0.1) is 0 Å². The van der Waals surface area contributed by atoms with E-state index < -0.39 is 0 Å². The number of hydrogen-bond acceptors (Lipinski definition) is 4. The molecule has 0 aliphatic rings. The number of aromatic nitrogens is 2. The number of halogens is 1. The van der Waals surface area contributed by atoms with Gasteiger partial charge in [0.15, 0.2) is 0 Å². The highest BCUT2D eigenvalue weighted by molar-refractivity contribution is 6.29. The van der Waals surface area contributed by atoms with Crippen LogP contribution in [0.2, 0.25) is 5.15 Å². The summed E-state index contributed by atoms with van der Waals surface area (Å²) in [5.41, 5.74) is 0.915. The van der Waals surface area contributed by atoms with Gasteiger partial charge in [0.25, 0.3) is 0 Å². The number of nitrogens with one attached hydrogen (secondary N) is 1. The second-order valence-electron chi connectivity index (χ2n) is 5.81. The lowest BCUT2D eigenvalue weighted by molar-refractivity contribution is 0.410. The van der Waals surface area contributed by atoms with Gasteiger partial charge in [0.05, 0.1) is 7.11 Å². The molecule has 0 spiro atoms. The summed E-state index contributed by atoms with van der Waals surface area (Å²) in [6, 6.07) is 9.60. The van der Waals surface area contributed by atoms with Crippen LogP contribution >= 0.6 is 11.6 Å². The highest BCUT2D eigenvalue weighted by atomic mass is 35.5. The fraction of sp³-hybridized carbons (Fsp3) is 0.375. The lowest BCUT2D eigenvalue weighted by Gasteiger charge is -2.18. The van der Waals surface area contributed by atoms with Crippen LogP contribution in [-0.2, 0) is 12.0 Å². The molecule has 0 unspecified atom stereocenters. The zero-order valence-corrected chi connectivity index (χ0v) is 13.5. The second kappa shape index (κ2) is 6.31. The largest absolute Gasteiger partial charge is 0.496 e.